The van der Waals surface area contributed by atoms with Crippen LogP contribution in [0.3, 0.4) is 0 Å². The Hall–Kier alpha value is -0.610. The normalized spacial score (nSPS) is 21.3. The molecule has 0 radical (unpaired) electrons. The predicted octanol–water partition coefficient (Wildman–Crippen LogP) is 6.35. The smallest absolute Gasteiger partial charge is 0.109 e. The van der Waals surface area contributed by atoms with Crippen molar-refractivity contribution < 1.29 is 4.39 Å². The first kappa shape index (κ1) is 17.7. The molecule has 0 aromatic carbocycles. The summed E-state index contributed by atoms with van der Waals surface area (Å²) in [4.78, 5) is 4.67. The Kier molecular flexibility index (Phi) is 6.69. The number of allylic oxidation sites excluding steroid dienone is 3. The van der Waals surface area contributed by atoms with Crippen molar-refractivity contribution in [3.63, 3.8) is 0 Å². The highest BCUT2D eigenvalue weighted by Crippen LogP contribution is 2.54. The molecule has 1 saturated carbocycles. The average Bonchev–Trinajstić information content (AvgIpc) is 3.07. The van der Waals surface area contributed by atoms with Crippen LogP contribution in [0, 0.1) is 11.8 Å². The molecule has 1 aromatic heterocycles. The van der Waals surface area contributed by atoms with E-state index in [-0.39, 0.29) is 16.5 Å². The number of nitrogens with zero attached hydrogens (tertiary/aromatic N) is 1. The quantitative estimate of drug-likeness (QED) is 0.537. The molecule has 0 saturated heterocycles. The fourth-order valence-electron chi connectivity index (χ4n) is 3.72. The van der Waals surface area contributed by atoms with Gasteiger partial charge >= 0.3 is 0 Å². The average molecular weight is 340 g/mol. The molecule has 1 nitrogen and oxygen atoms in total. The van der Waals surface area contributed by atoms with Crippen molar-refractivity contribution in [3.05, 3.63) is 41.1 Å². The lowest BCUT2D eigenvalue weighted by molar-refractivity contribution is 0.236. The minimum Gasteiger partial charge on any atom is -0.248 e. The molecular weight excluding hydrogens is 313 g/mol. The van der Waals surface area contributed by atoms with Gasteiger partial charge in [0.25, 0.3) is 0 Å². The van der Waals surface area contributed by atoms with E-state index >= 15 is 0 Å². The van der Waals surface area contributed by atoms with Gasteiger partial charge in [0.1, 0.15) is 5.01 Å². The molecule has 0 aliphatic heterocycles. The SMILES string of the molecule is C=CC(C/C=C(\C)F)C(SC)(c1nccs1)C1CCCCC1. The maximum absolute atomic E-state index is 13.3. The van der Waals surface area contributed by atoms with E-state index in [0.29, 0.717) is 12.3 Å². The van der Waals surface area contributed by atoms with Gasteiger partial charge < -0.3 is 0 Å². The van der Waals surface area contributed by atoms with Crippen LogP contribution in [0.5, 0.6) is 0 Å². The molecule has 1 aromatic rings. The highest BCUT2D eigenvalue weighted by molar-refractivity contribution is 7.99. The molecule has 0 bridgehead atoms. The zero-order valence-electron chi connectivity index (χ0n) is 13.6. The molecule has 22 heavy (non-hydrogen) atoms. The second-order valence-corrected chi connectivity index (χ2v) is 8.02. The number of hydrogen-bond donors (Lipinski definition) is 0. The Morgan fingerprint density at radius 2 is 2.27 bits per heavy atom. The standard InChI is InChI=1S/C18H26FNS2/c1-4-15(11-10-14(2)19)18(21-3,17-20-12-13-22-17)16-8-6-5-7-9-16/h4,10,12-13,15-16H,1,5-9,11H2,2-3H3/b14-10+. The molecule has 1 aliphatic carbocycles. The summed E-state index contributed by atoms with van der Waals surface area (Å²) in [5.74, 6) is 0.700. The molecule has 122 valence electrons. The van der Waals surface area contributed by atoms with Gasteiger partial charge in [0.15, 0.2) is 0 Å². The predicted molar refractivity (Wildman–Crippen MR) is 97.1 cm³/mol. The zero-order chi connectivity index (χ0) is 16.0. The molecule has 1 fully saturated rings. The van der Waals surface area contributed by atoms with Crippen molar-refractivity contribution >= 4 is 23.1 Å². The van der Waals surface area contributed by atoms with Crippen LogP contribution in [-0.4, -0.2) is 11.2 Å². The Bertz CT molecular complexity index is 487. The number of halogens is 1. The lowest BCUT2D eigenvalue weighted by atomic mass is 9.72. The summed E-state index contributed by atoms with van der Waals surface area (Å²) >= 11 is 3.62. The number of thioether (sulfide) groups is 1. The van der Waals surface area contributed by atoms with Gasteiger partial charge in [-0.25, -0.2) is 9.37 Å². The molecule has 1 heterocycles. The van der Waals surface area contributed by atoms with Gasteiger partial charge in [-0.05, 0) is 38.4 Å². The van der Waals surface area contributed by atoms with E-state index < -0.39 is 0 Å². The van der Waals surface area contributed by atoms with Crippen molar-refractivity contribution in [3.8, 4) is 0 Å². The summed E-state index contributed by atoms with van der Waals surface area (Å²) < 4.78 is 13.2. The number of aromatic nitrogens is 1. The maximum atomic E-state index is 13.3. The van der Waals surface area contributed by atoms with E-state index in [2.05, 4.69) is 23.2 Å². The summed E-state index contributed by atoms with van der Waals surface area (Å²) in [5, 5.41) is 3.24. The largest absolute Gasteiger partial charge is 0.248 e. The van der Waals surface area contributed by atoms with E-state index in [1.165, 1.54) is 44.0 Å². The lowest BCUT2D eigenvalue weighted by Gasteiger charge is -2.44. The van der Waals surface area contributed by atoms with Crippen LogP contribution in [0.4, 0.5) is 4.39 Å². The van der Waals surface area contributed by atoms with Crippen molar-refractivity contribution in [2.75, 3.05) is 6.26 Å². The van der Waals surface area contributed by atoms with E-state index in [1.54, 1.807) is 17.4 Å². The number of hydrogen-bond acceptors (Lipinski definition) is 3. The molecule has 2 rings (SSSR count). The summed E-state index contributed by atoms with van der Waals surface area (Å²) in [7, 11) is 0. The van der Waals surface area contributed by atoms with Gasteiger partial charge in [0, 0.05) is 17.5 Å². The third-order valence-electron chi connectivity index (χ3n) is 4.80. The van der Waals surface area contributed by atoms with Crippen molar-refractivity contribution in [2.45, 2.75) is 50.2 Å². The molecular formula is C18H26FNS2. The van der Waals surface area contributed by atoms with Gasteiger partial charge in [-0.1, -0.05) is 31.4 Å². The summed E-state index contributed by atoms with van der Waals surface area (Å²) in [6, 6.07) is 0. The highest BCUT2D eigenvalue weighted by atomic mass is 32.2. The van der Waals surface area contributed by atoms with Gasteiger partial charge in [0.05, 0.1) is 10.6 Å². The molecule has 2 unspecified atom stereocenters. The van der Waals surface area contributed by atoms with Gasteiger partial charge in [-0.15, -0.1) is 17.9 Å². The molecule has 2 atom stereocenters. The number of thiazole rings is 1. The Balaban J connectivity index is 2.42. The Labute approximate surface area is 142 Å². The second-order valence-electron chi connectivity index (χ2n) is 6.04. The van der Waals surface area contributed by atoms with Gasteiger partial charge in [-0.3, -0.25) is 0 Å². The first-order chi connectivity index (χ1) is 10.6. The lowest BCUT2D eigenvalue weighted by Crippen LogP contribution is -2.39. The molecule has 0 N–H and O–H groups in total. The van der Waals surface area contributed by atoms with Gasteiger partial charge in [0.2, 0.25) is 0 Å². The van der Waals surface area contributed by atoms with E-state index in [4.69, 9.17) is 0 Å². The molecule has 4 heteroatoms. The monoisotopic (exact) mass is 339 g/mol. The summed E-state index contributed by atoms with van der Waals surface area (Å²) in [5.41, 5.74) is 0. The van der Waals surface area contributed by atoms with Crippen molar-refractivity contribution in [1.82, 2.24) is 4.98 Å². The molecule has 1 aliphatic rings. The first-order valence-electron chi connectivity index (χ1n) is 8.05. The Morgan fingerprint density at radius 3 is 2.77 bits per heavy atom. The number of rotatable bonds is 7. The van der Waals surface area contributed by atoms with Crippen LogP contribution >= 0.6 is 23.1 Å². The zero-order valence-corrected chi connectivity index (χ0v) is 15.2. The Morgan fingerprint density at radius 1 is 1.55 bits per heavy atom. The minimum atomic E-state index is -0.107. The maximum Gasteiger partial charge on any atom is 0.109 e. The molecule has 0 amide bonds. The third-order valence-corrected chi connectivity index (χ3v) is 7.36. The summed E-state index contributed by atoms with van der Waals surface area (Å²) in [6.07, 6.45) is 14.9. The van der Waals surface area contributed by atoms with E-state index in [1.807, 2.05) is 24.0 Å². The van der Waals surface area contributed by atoms with Crippen LogP contribution in [0.2, 0.25) is 0 Å². The fraction of sp³-hybridized carbons (Fsp3) is 0.611. The molecule has 0 spiro atoms. The summed E-state index contributed by atoms with van der Waals surface area (Å²) in [6.45, 7) is 5.59. The highest BCUT2D eigenvalue weighted by Gasteiger charge is 2.46. The van der Waals surface area contributed by atoms with Crippen molar-refractivity contribution in [1.29, 1.82) is 0 Å². The first-order valence-corrected chi connectivity index (χ1v) is 10.2. The second kappa shape index (κ2) is 8.30. The van der Waals surface area contributed by atoms with Crippen LogP contribution in [0.15, 0.2) is 36.1 Å². The van der Waals surface area contributed by atoms with Crippen LogP contribution in [-0.2, 0) is 4.75 Å². The fourth-order valence-corrected chi connectivity index (χ4v) is 6.29. The minimum absolute atomic E-state index is 0.0672. The van der Waals surface area contributed by atoms with Gasteiger partial charge in [-0.2, -0.15) is 11.8 Å². The van der Waals surface area contributed by atoms with E-state index in [0.717, 1.165) is 0 Å². The van der Waals surface area contributed by atoms with Crippen LogP contribution < -0.4 is 0 Å². The van der Waals surface area contributed by atoms with E-state index in [9.17, 15) is 4.39 Å². The van der Waals surface area contributed by atoms with Crippen molar-refractivity contribution in [2.24, 2.45) is 11.8 Å². The van der Waals surface area contributed by atoms with Crippen LogP contribution in [0.1, 0.15) is 50.5 Å². The third kappa shape index (κ3) is 3.65. The topological polar surface area (TPSA) is 12.9 Å². The van der Waals surface area contributed by atoms with Crippen LogP contribution in [0.25, 0.3) is 0 Å².